The smallest absolute Gasteiger partial charge is 0.211 e. The second-order valence-corrected chi connectivity index (χ2v) is 5.47. The van der Waals surface area contributed by atoms with Gasteiger partial charge in [0.25, 0.3) is 0 Å². The summed E-state index contributed by atoms with van der Waals surface area (Å²) < 4.78 is 13.0. The summed E-state index contributed by atoms with van der Waals surface area (Å²) in [4.78, 5) is 0. The van der Waals surface area contributed by atoms with Crippen molar-refractivity contribution in [3.8, 4) is 5.75 Å². The number of thioether (sulfide) groups is 1. The van der Waals surface area contributed by atoms with Crippen LogP contribution >= 0.6 is 11.8 Å². The maximum absolute atomic E-state index is 5.68. The summed E-state index contributed by atoms with van der Waals surface area (Å²) in [6, 6.07) is 13.4. The molecule has 3 rings (SSSR count). The van der Waals surface area contributed by atoms with Crippen LogP contribution in [0.5, 0.6) is 5.75 Å². The van der Waals surface area contributed by atoms with Gasteiger partial charge in [-0.05, 0) is 37.4 Å². The molecule has 0 atom stereocenters. The van der Waals surface area contributed by atoms with Gasteiger partial charge >= 0.3 is 0 Å². The monoisotopic (exact) mass is 328 g/mol. The molecule has 2 heterocycles. The number of nitrogens with zero attached hydrogens (tertiary/aromatic N) is 4. The molecule has 1 aromatic carbocycles. The Hall–Kier alpha value is -2.54. The van der Waals surface area contributed by atoms with Gasteiger partial charge in [0.1, 0.15) is 23.9 Å². The third kappa shape index (κ3) is 3.81. The molecule has 0 amide bonds. The number of furan rings is 1. The number of benzene rings is 1. The molecule has 0 aliphatic heterocycles. The zero-order chi connectivity index (χ0) is 16.1. The maximum Gasteiger partial charge on any atom is 0.211 e. The van der Waals surface area contributed by atoms with E-state index in [4.69, 9.17) is 9.15 Å². The summed E-state index contributed by atoms with van der Waals surface area (Å²) in [6.45, 7) is 2.23. The Morgan fingerprint density at radius 1 is 1.22 bits per heavy atom. The first-order valence-electron chi connectivity index (χ1n) is 7.03. The predicted octanol–water partition coefficient (Wildman–Crippen LogP) is 3.36. The number of aromatic nitrogens is 3. The SMILES string of the molecule is CSc1nnc(C)n1N=Cc1ccc(COc2ccccc2)o1. The minimum atomic E-state index is 0.375. The lowest BCUT2D eigenvalue weighted by Crippen LogP contribution is -1.95. The Bertz CT molecular complexity index is 796. The molecule has 0 aliphatic rings. The molecule has 23 heavy (non-hydrogen) atoms. The summed E-state index contributed by atoms with van der Waals surface area (Å²) in [6.07, 6.45) is 3.57. The second kappa shape index (κ2) is 7.15. The molecule has 0 fully saturated rings. The molecule has 0 bridgehead atoms. The van der Waals surface area contributed by atoms with E-state index in [1.165, 1.54) is 11.8 Å². The molecule has 0 saturated heterocycles. The van der Waals surface area contributed by atoms with Gasteiger partial charge in [-0.2, -0.15) is 9.78 Å². The molecule has 0 saturated carbocycles. The van der Waals surface area contributed by atoms with Crippen LogP contribution in [0.15, 0.2) is 57.1 Å². The van der Waals surface area contributed by atoms with Crippen LogP contribution in [0.3, 0.4) is 0 Å². The van der Waals surface area contributed by atoms with E-state index >= 15 is 0 Å². The molecular weight excluding hydrogens is 312 g/mol. The van der Waals surface area contributed by atoms with Crippen molar-refractivity contribution in [1.29, 1.82) is 0 Å². The van der Waals surface area contributed by atoms with Crippen LogP contribution in [-0.4, -0.2) is 27.3 Å². The van der Waals surface area contributed by atoms with Gasteiger partial charge in [-0.3, -0.25) is 0 Å². The molecule has 118 valence electrons. The summed E-state index contributed by atoms with van der Waals surface area (Å²) in [5.74, 6) is 2.92. The number of ether oxygens (including phenoxy) is 1. The van der Waals surface area contributed by atoms with Crippen molar-refractivity contribution >= 4 is 18.0 Å². The Balaban J connectivity index is 1.65. The van der Waals surface area contributed by atoms with Crippen molar-refractivity contribution in [2.24, 2.45) is 5.10 Å². The zero-order valence-electron chi connectivity index (χ0n) is 12.8. The van der Waals surface area contributed by atoms with Gasteiger partial charge < -0.3 is 9.15 Å². The summed E-state index contributed by atoms with van der Waals surface area (Å²) in [7, 11) is 0. The first kappa shape index (κ1) is 15.4. The minimum absolute atomic E-state index is 0.375. The van der Waals surface area contributed by atoms with E-state index in [2.05, 4.69) is 15.3 Å². The van der Waals surface area contributed by atoms with E-state index in [-0.39, 0.29) is 0 Å². The Kier molecular flexibility index (Phi) is 4.77. The molecule has 3 aromatic rings. The molecule has 0 unspecified atom stereocenters. The van der Waals surface area contributed by atoms with Crippen LogP contribution < -0.4 is 4.74 Å². The quantitative estimate of drug-likeness (QED) is 0.513. The molecule has 0 radical (unpaired) electrons. The van der Waals surface area contributed by atoms with Gasteiger partial charge in [-0.1, -0.05) is 30.0 Å². The lowest BCUT2D eigenvalue weighted by atomic mass is 10.3. The number of hydrogen-bond donors (Lipinski definition) is 0. The fourth-order valence-electron chi connectivity index (χ4n) is 1.93. The Labute approximate surface area is 138 Å². The van der Waals surface area contributed by atoms with E-state index in [0.29, 0.717) is 12.4 Å². The predicted molar refractivity (Wildman–Crippen MR) is 89.0 cm³/mol. The topological polar surface area (TPSA) is 65.4 Å². The van der Waals surface area contributed by atoms with E-state index in [1.54, 1.807) is 10.9 Å². The summed E-state index contributed by atoms with van der Waals surface area (Å²) >= 11 is 1.49. The fourth-order valence-corrected chi connectivity index (χ4v) is 2.40. The standard InChI is InChI=1S/C16H16N4O2S/c1-12-18-19-16(23-2)20(12)17-10-14-8-9-15(22-14)11-21-13-6-4-3-5-7-13/h3-10H,11H2,1-2H3. The van der Waals surface area contributed by atoms with E-state index < -0.39 is 0 Å². The minimum Gasteiger partial charge on any atom is -0.486 e. The number of para-hydroxylation sites is 1. The Morgan fingerprint density at radius 3 is 2.83 bits per heavy atom. The highest BCUT2D eigenvalue weighted by atomic mass is 32.2. The zero-order valence-corrected chi connectivity index (χ0v) is 13.7. The van der Waals surface area contributed by atoms with Crippen molar-refractivity contribution in [2.75, 3.05) is 6.26 Å². The first-order valence-corrected chi connectivity index (χ1v) is 8.25. The van der Waals surface area contributed by atoms with Crippen LogP contribution in [0.2, 0.25) is 0 Å². The number of hydrogen-bond acceptors (Lipinski definition) is 6. The van der Waals surface area contributed by atoms with Crippen LogP contribution in [0.4, 0.5) is 0 Å². The second-order valence-electron chi connectivity index (χ2n) is 4.70. The van der Waals surface area contributed by atoms with E-state index in [9.17, 15) is 0 Å². The van der Waals surface area contributed by atoms with Crippen molar-refractivity contribution in [1.82, 2.24) is 14.9 Å². The highest BCUT2D eigenvalue weighted by Gasteiger charge is 2.06. The number of aryl methyl sites for hydroxylation is 1. The molecule has 2 aromatic heterocycles. The molecule has 0 spiro atoms. The largest absolute Gasteiger partial charge is 0.486 e. The molecule has 6 nitrogen and oxygen atoms in total. The fraction of sp³-hybridized carbons (Fsp3) is 0.188. The van der Waals surface area contributed by atoms with Crippen molar-refractivity contribution in [2.45, 2.75) is 18.7 Å². The van der Waals surface area contributed by atoms with Gasteiger partial charge in [-0.25, -0.2) is 0 Å². The van der Waals surface area contributed by atoms with Gasteiger partial charge in [0.15, 0.2) is 5.82 Å². The lowest BCUT2D eigenvalue weighted by Gasteiger charge is -2.02. The molecular formula is C16H16N4O2S. The van der Waals surface area contributed by atoms with E-state index in [0.717, 1.165) is 22.5 Å². The van der Waals surface area contributed by atoms with Crippen molar-refractivity contribution in [3.63, 3.8) is 0 Å². The van der Waals surface area contributed by atoms with Crippen LogP contribution in [0.25, 0.3) is 0 Å². The lowest BCUT2D eigenvalue weighted by molar-refractivity contribution is 0.270. The third-order valence-corrected chi connectivity index (χ3v) is 3.68. The first-order chi connectivity index (χ1) is 11.3. The number of rotatable bonds is 6. The van der Waals surface area contributed by atoms with Crippen LogP contribution in [0.1, 0.15) is 17.3 Å². The summed E-state index contributed by atoms with van der Waals surface area (Å²) in [5, 5.41) is 13.1. The highest BCUT2D eigenvalue weighted by molar-refractivity contribution is 7.98. The molecule has 7 heteroatoms. The maximum atomic E-state index is 5.68. The van der Waals surface area contributed by atoms with Crippen LogP contribution in [0, 0.1) is 6.92 Å². The van der Waals surface area contributed by atoms with Gasteiger partial charge in [0.05, 0.1) is 6.21 Å². The van der Waals surface area contributed by atoms with Gasteiger partial charge in [0, 0.05) is 0 Å². The van der Waals surface area contributed by atoms with Gasteiger partial charge in [0.2, 0.25) is 5.16 Å². The van der Waals surface area contributed by atoms with Crippen molar-refractivity contribution in [3.05, 3.63) is 59.8 Å². The van der Waals surface area contributed by atoms with Gasteiger partial charge in [-0.15, -0.1) is 10.2 Å². The normalized spacial score (nSPS) is 11.2. The Morgan fingerprint density at radius 2 is 2.04 bits per heavy atom. The summed E-state index contributed by atoms with van der Waals surface area (Å²) in [5.41, 5.74) is 0. The van der Waals surface area contributed by atoms with E-state index in [1.807, 2.05) is 55.6 Å². The third-order valence-electron chi connectivity index (χ3n) is 3.06. The average Bonchev–Trinajstić information content (AvgIpc) is 3.18. The van der Waals surface area contributed by atoms with Crippen molar-refractivity contribution < 1.29 is 9.15 Å². The molecule has 0 aliphatic carbocycles. The molecule has 0 N–H and O–H groups in total. The van der Waals surface area contributed by atoms with Crippen LogP contribution in [-0.2, 0) is 6.61 Å². The average molecular weight is 328 g/mol. The highest BCUT2D eigenvalue weighted by Crippen LogP contribution is 2.15.